The van der Waals surface area contributed by atoms with Gasteiger partial charge in [-0.25, -0.2) is 18.0 Å². The predicted molar refractivity (Wildman–Crippen MR) is 103 cm³/mol. The lowest BCUT2D eigenvalue weighted by Gasteiger charge is -2.11. The Bertz CT molecular complexity index is 1090. The summed E-state index contributed by atoms with van der Waals surface area (Å²) in [7, 11) is 1.45. The van der Waals surface area contributed by atoms with Gasteiger partial charge in [0, 0.05) is 25.4 Å². The maximum absolute atomic E-state index is 14.3. The molecule has 0 spiro atoms. The van der Waals surface area contributed by atoms with Gasteiger partial charge in [-0.2, -0.15) is 0 Å². The largest absolute Gasteiger partial charge is 0.457 e. The molecule has 0 fully saturated rings. The highest BCUT2D eigenvalue weighted by molar-refractivity contribution is 6.00. The van der Waals surface area contributed by atoms with Crippen molar-refractivity contribution < 1.29 is 27.5 Å². The predicted octanol–water partition coefficient (Wildman–Crippen LogP) is 4.29. The van der Waals surface area contributed by atoms with E-state index in [0.29, 0.717) is 0 Å². The van der Waals surface area contributed by atoms with E-state index in [9.17, 15) is 22.8 Å². The summed E-state index contributed by atoms with van der Waals surface area (Å²) >= 11 is 0. The molecule has 30 heavy (non-hydrogen) atoms. The molecular formula is C20H15F3N4O3. The Morgan fingerprint density at radius 2 is 1.60 bits per heavy atom. The number of rotatable bonds is 5. The van der Waals surface area contributed by atoms with Crippen LogP contribution in [-0.4, -0.2) is 24.0 Å². The van der Waals surface area contributed by atoms with E-state index in [2.05, 4.69) is 15.6 Å². The number of carbonyl (C=O) groups is 2. The Kier molecular flexibility index (Phi) is 6.16. The van der Waals surface area contributed by atoms with Gasteiger partial charge in [-0.1, -0.05) is 6.07 Å². The van der Waals surface area contributed by atoms with Gasteiger partial charge in [0.15, 0.2) is 0 Å². The molecule has 0 aliphatic rings. The molecular weight excluding hydrogens is 401 g/mol. The summed E-state index contributed by atoms with van der Waals surface area (Å²) in [5.74, 6) is -2.87. The van der Waals surface area contributed by atoms with Crippen LogP contribution < -0.4 is 20.7 Å². The monoisotopic (exact) mass is 416 g/mol. The number of nitrogens with zero attached hydrogens (tertiary/aromatic N) is 1. The topological polar surface area (TPSA) is 92.4 Å². The van der Waals surface area contributed by atoms with Crippen LogP contribution in [0.5, 0.6) is 11.5 Å². The van der Waals surface area contributed by atoms with Gasteiger partial charge in [0.05, 0.1) is 5.69 Å². The molecule has 0 radical (unpaired) electrons. The fraction of sp³-hybridized carbons (Fsp3) is 0.0500. The van der Waals surface area contributed by atoms with Crippen LogP contribution in [-0.2, 0) is 0 Å². The van der Waals surface area contributed by atoms with Crippen molar-refractivity contribution in [2.24, 2.45) is 0 Å². The van der Waals surface area contributed by atoms with E-state index in [1.54, 1.807) is 0 Å². The molecule has 0 unspecified atom stereocenters. The first-order valence-corrected chi connectivity index (χ1v) is 8.55. The molecule has 3 amide bonds. The molecule has 1 aromatic heterocycles. The minimum atomic E-state index is -1.03. The summed E-state index contributed by atoms with van der Waals surface area (Å²) < 4.78 is 47.0. The molecule has 3 aromatic rings. The van der Waals surface area contributed by atoms with E-state index < -0.39 is 35.1 Å². The number of anilines is 2. The van der Waals surface area contributed by atoms with Gasteiger partial charge in [-0.15, -0.1) is 0 Å². The zero-order chi connectivity index (χ0) is 21.7. The van der Waals surface area contributed by atoms with Gasteiger partial charge >= 0.3 is 6.03 Å². The minimum Gasteiger partial charge on any atom is -0.457 e. The van der Waals surface area contributed by atoms with Gasteiger partial charge in [-0.05, 0) is 30.3 Å². The maximum Gasteiger partial charge on any atom is 0.323 e. The van der Waals surface area contributed by atoms with Crippen molar-refractivity contribution in [3.8, 4) is 11.5 Å². The average molecular weight is 416 g/mol. The molecule has 0 atom stereocenters. The number of halogens is 3. The highest BCUT2D eigenvalue weighted by Gasteiger charge is 2.14. The number of ether oxygens (including phenoxy) is 1. The van der Waals surface area contributed by atoms with Crippen molar-refractivity contribution in [1.29, 1.82) is 0 Å². The first-order chi connectivity index (χ1) is 14.4. The highest BCUT2D eigenvalue weighted by atomic mass is 19.1. The highest BCUT2D eigenvalue weighted by Crippen LogP contribution is 2.26. The molecule has 0 saturated heterocycles. The Morgan fingerprint density at radius 3 is 2.27 bits per heavy atom. The molecule has 0 aliphatic carbocycles. The molecule has 154 valence electrons. The minimum absolute atomic E-state index is 0.0904. The SMILES string of the molecule is CNC(=O)c1cc(Oc2ccc(NC(=O)Nc3c(F)cccc3F)c(F)c2)ccn1. The van der Waals surface area contributed by atoms with Crippen LogP contribution in [0, 0.1) is 17.5 Å². The standard InChI is InChI=1S/C20H15F3N4O3/c1-24-19(28)17-10-12(7-8-25-17)30-11-5-6-16(15(23)9-11)26-20(29)27-18-13(21)3-2-4-14(18)22/h2-10H,1H3,(H,24,28)(H2,26,27,29). The number of nitrogens with one attached hydrogen (secondary N) is 3. The van der Waals surface area contributed by atoms with Crippen LogP contribution in [0.1, 0.15) is 10.5 Å². The third-order valence-corrected chi connectivity index (χ3v) is 3.82. The summed E-state index contributed by atoms with van der Waals surface area (Å²) in [6.45, 7) is 0. The number of benzene rings is 2. The van der Waals surface area contributed by atoms with Crippen LogP contribution in [0.3, 0.4) is 0 Å². The Labute approximate surface area is 168 Å². The van der Waals surface area contributed by atoms with Gasteiger partial charge in [0.2, 0.25) is 0 Å². The average Bonchev–Trinajstić information content (AvgIpc) is 2.72. The van der Waals surface area contributed by atoms with Crippen molar-refractivity contribution >= 4 is 23.3 Å². The summed E-state index contributed by atoms with van der Waals surface area (Å²) in [6.07, 6.45) is 1.36. The lowest BCUT2D eigenvalue weighted by molar-refractivity contribution is 0.0957. The van der Waals surface area contributed by atoms with Crippen molar-refractivity contribution in [2.75, 3.05) is 17.7 Å². The van der Waals surface area contributed by atoms with E-state index in [-0.39, 0.29) is 22.9 Å². The number of pyridine rings is 1. The maximum atomic E-state index is 14.3. The molecule has 7 nitrogen and oxygen atoms in total. The second-order valence-corrected chi connectivity index (χ2v) is 5.88. The van der Waals surface area contributed by atoms with E-state index in [0.717, 1.165) is 24.3 Å². The summed E-state index contributed by atoms with van der Waals surface area (Å²) in [6, 6.07) is 8.49. The molecule has 0 saturated carbocycles. The second-order valence-electron chi connectivity index (χ2n) is 5.88. The summed E-state index contributed by atoms with van der Waals surface area (Å²) in [5.41, 5.74) is -0.775. The smallest absolute Gasteiger partial charge is 0.323 e. The number of urea groups is 1. The van der Waals surface area contributed by atoms with Crippen LogP contribution in [0.25, 0.3) is 0 Å². The third-order valence-electron chi connectivity index (χ3n) is 3.82. The zero-order valence-corrected chi connectivity index (χ0v) is 15.5. The van der Waals surface area contributed by atoms with E-state index in [1.807, 2.05) is 5.32 Å². The van der Waals surface area contributed by atoms with Crippen LogP contribution in [0.4, 0.5) is 29.3 Å². The van der Waals surface area contributed by atoms with E-state index >= 15 is 0 Å². The van der Waals surface area contributed by atoms with Gasteiger partial charge < -0.3 is 20.7 Å². The number of para-hydroxylation sites is 1. The molecule has 0 aliphatic heterocycles. The molecule has 3 N–H and O–H groups in total. The number of hydrogen-bond donors (Lipinski definition) is 3. The lowest BCUT2D eigenvalue weighted by atomic mass is 10.2. The first kappa shape index (κ1) is 20.6. The number of hydrogen-bond acceptors (Lipinski definition) is 4. The zero-order valence-electron chi connectivity index (χ0n) is 15.5. The molecule has 10 heteroatoms. The fourth-order valence-electron chi connectivity index (χ4n) is 2.41. The summed E-state index contributed by atoms with van der Waals surface area (Å²) in [4.78, 5) is 27.4. The van der Waals surface area contributed by atoms with Crippen molar-refractivity contribution in [3.05, 3.63) is 77.9 Å². The Hall–Kier alpha value is -4.08. The van der Waals surface area contributed by atoms with Crippen LogP contribution in [0.15, 0.2) is 54.7 Å². The quantitative estimate of drug-likeness (QED) is 0.579. The molecule has 3 rings (SSSR count). The van der Waals surface area contributed by atoms with Crippen LogP contribution >= 0.6 is 0 Å². The van der Waals surface area contributed by atoms with Gasteiger partial charge in [-0.3, -0.25) is 9.78 Å². The van der Waals surface area contributed by atoms with E-state index in [1.165, 1.54) is 37.5 Å². The third kappa shape index (κ3) is 4.85. The number of amides is 3. The number of carbonyl (C=O) groups excluding carboxylic acids is 2. The lowest BCUT2D eigenvalue weighted by Crippen LogP contribution is -2.21. The molecule has 2 aromatic carbocycles. The Balaban J connectivity index is 1.70. The normalized spacial score (nSPS) is 10.3. The number of aromatic nitrogens is 1. The van der Waals surface area contributed by atoms with Crippen molar-refractivity contribution in [2.45, 2.75) is 0 Å². The Morgan fingerprint density at radius 1 is 0.900 bits per heavy atom. The summed E-state index contributed by atoms with van der Waals surface area (Å²) in [5, 5.41) is 6.57. The van der Waals surface area contributed by atoms with Gasteiger partial charge in [0.25, 0.3) is 5.91 Å². The first-order valence-electron chi connectivity index (χ1n) is 8.55. The van der Waals surface area contributed by atoms with Gasteiger partial charge in [0.1, 0.15) is 40.3 Å². The second kappa shape index (κ2) is 8.95. The fourth-order valence-corrected chi connectivity index (χ4v) is 2.41. The van der Waals surface area contributed by atoms with Crippen molar-refractivity contribution in [1.82, 2.24) is 10.3 Å². The van der Waals surface area contributed by atoms with Crippen LogP contribution in [0.2, 0.25) is 0 Å². The molecule has 0 bridgehead atoms. The molecule has 1 heterocycles. The van der Waals surface area contributed by atoms with E-state index in [4.69, 9.17) is 4.74 Å². The van der Waals surface area contributed by atoms with Crippen molar-refractivity contribution in [3.63, 3.8) is 0 Å².